The van der Waals surface area contributed by atoms with Crippen molar-refractivity contribution in [1.29, 1.82) is 0 Å². The minimum atomic E-state index is -1.44. The van der Waals surface area contributed by atoms with Gasteiger partial charge >= 0.3 is 0 Å². The third kappa shape index (κ3) is 5.11. The lowest BCUT2D eigenvalue weighted by molar-refractivity contribution is 0.139. The first-order valence-corrected chi connectivity index (χ1v) is 8.77. The SMILES string of the molecule is C[Si](C)(C)OCCC(O)c1ccccc1. The molecule has 0 fully saturated rings. The topological polar surface area (TPSA) is 29.5 Å². The summed E-state index contributed by atoms with van der Waals surface area (Å²) >= 11 is 0. The molecule has 0 aliphatic heterocycles. The van der Waals surface area contributed by atoms with Gasteiger partial charge in [0.15, 0.2) is 8.32 Å². The van der Waals surface area contributed by atoms with Crippen LogP contribution in [0.3, 0.4) is 0 Å². The summed E-state index contributed by atoms with van der Waals surface area (Å²) in [6, 6.07) is 9.73. The van der Waals surface area contributed by atoms with Gasteiger partial charge in [-0.2, -0.15) is 0 Å². The minimum absolute atomic E-state index is 0.400. The van der Waals surface area contributed by atoms with E-state index in [0.29, 0.717) is 13.0 Å². The predicted octanol–water partition coefficient (Wildman–Crippen LogP) is 2.96. The quantitative estimate of drug-likeness (QED) is 0.779. The second kappa shape index (κ2) is 5.44. The summed E-state index contributed by atoms with van der Waals surface area (Å²) < 4.78 is 5.70. The van der Waals surface area contributed by atoms with Crippen molar-refractivity contribution in [2.24, 2.45) is 0 Å². The van der Waals surface area contributed by atoms with Gasteiger partial charge < -0.3 is 9.53 Å². The Hall–Kier alpha value is -0.643. The van der Waals surface area contributed by atoms with Gasteiger partial charge in [-0.15, -0.1) is 0 Å². The molecule has 0 aromatic heterocycles. The van der Waals surface area contributed by atoms with E-state index in [9.17, 15) is 5.11 Å². The van der Waals surface area contributed by atoms with Crippen LogP contribution in [-0.2, 0) is 4.43 Å². The number of hydrogen-bond donors (Lipinski definition) is 1. The maximum absolute atomic E-state index is 9.85. The Bertz CT molecular complexity index is 279. The molecule has 0 radical (unpaired) electrons. The Morgan fingerprint density at radius 1 is 1.20 bits per heavy atom. The molecule has 1 N–H and O–H groups in total. The summed E-state index contributed by atoms with van der Waals surface area (Å²) in [6.07, 6.45) is 0.274. The summed E-state index contributed by atoms with van der Waals surface area (Å²) in [5.41, 5.74) is 0.969. The lowest BCUT2D eigenvalue weighted by atomic mass is 10.1. The highest BCUT2D eigenvalue weighted by Gasteiger charge is 2.15. The minimum Gasteiger partial charge on any atom is -0.418 e. The van der Waals surface area contributed by atoms with Crippen LogP contribution in [-0.4, -0.2) is 20.0 Å². The molecule has 1 aromatic rings. The summed E-state index contributed by atoms with van der Waals surface area (Å²) in [4.78, 5) is 0. The lowest BCUT2D eigenvalue weighted by Gasteiger charge is -2.18. The van der Waals surface area contributed by atoms with Gasteiger partial charge in [-0.05, 0) is 31.6 Å². The molecule has 84 valence electrons. The Labute approximate surface area is 93.0 Å². The van der Waals surface area contributed by atoms with Crippen LogP contribution in [0.4, 0.5) is 0 Å². The fourth-order valence-electron chi connectivity index (χ4n) is 1.32. The van der Waals surface area contributed by atoms with Gasteiger partial charge in [0, 0.05) is 6.61 Å². The van der Waals surface area contributed by atoms with E-state index in [2.05, 4.69) is 19.6 Å². The van der Waals surface area contributed by atoms with Crippen molar-refractivity contribution in [2.45, 2.75) is 32.2 Å². The van der Waals surface area contributed by atoms with E-state index in [1.165, 1.54) is 0 Å². The summed E-state index contributed by atoms with van der Waals surface area (Å²) in [5.74, 6) is 0. The first-order chi connectivity index (χ1) is 6.99. The lowest BCUT2D eigenvalue weighted by Crippen LogP contribution is -2.26. The zero-order valence-electron chi connectivity index (χ0n) is 9.73. The molecule has 0 bridgehead atoms. The zero-order chi connectivity index (χ0) is 11.3. The standard InChI is InChI=1S/C12H20O2Si/c1-15(2,3)14-10-9-12(13)11-7-5-4-6-8-11/h4-8,12-13H,9-10H2,1-3H3. The van der Waals surface area contributed by atoms with E-state index in [1.807, 2.05) is 30.3 Å². The Kier molecular flexibility index (Phi) is 4.51. The van der Waals surface area contributed by atoms with Gasteiger partial charge in [0.2, 0.25) is 0 Å². The number of aliphatic hydroxyl groups is 1. The van der Waals surface area contributed by atoms with Crippen LogP contribution >= 0.6 is 0 Å². The van der Waals surface area contributed by atoms with Crippen LogP contribution in [0.5, 0.6) is 0 Å². The summed E-state index contributed by atoms with van der Waals surface area (Å²) in [6.45, 7) is 7.11. The van der Waals surface area contributed by atoms with Crippen LogP contribution in [0, 0.1) is 0 Å². The first-order valence-electron chi connectivity index (χ1n) is 5.36. The van der Waals surface area contributed by atoms with Gasteiger partial charge in [-0.3, -0.25) is 0 Å². The molecule has 0 amide bonds. The average Bonchev–Trinajstić information content (AvgIpc) is 2.17. The molecular weight excluding hydrogens is 204 g/mol. The van der Waals surface area contributed by atoms with Crippen LogP contribution in [0.25, 0.3) is 0 Å². The Morgan fingerprint density at radius 3 is 2.33 bits per heavy atom. The van der Waals surface area contributed by atoms with E-state index < -0.39 is 14.4 Å². The van der Waals surface area contributed by atoms with E-state index in [4.69, 9.17) is 4.43 Å². The van der Waals surface area contributed by atoms with Crippen molar-refractivity contribution in [1.82, 2.24) is 0 Å². The maximum Gasteiger partial charge on any atom is 0.183 e. The van der Waals surface area contributed by atoms with Crippen molar-refractivity contribution >= 4 is 8.32 Å². The normalized spacial score (nSPS) is 13.9. The highest BCUT2D eigenvalue weighted by molar-refractivity contribution is 6.69. The molecule has 0 aliphatic rings. The number of hydrogen-bond acceptors (Lipinski definition) is 2. The molecule has 0 heterocycles. The fourth-order valence-corrected chi connectivity index (χ4v) is 2.05. The molecule has 2 nitrogen and oxygen atoms in total. The highest BCUT2D eigenvalue weighted by Crippen LogP contribution is 2.16. The molecule has 0 saturated carbocycles. The second-order valence-corrected chi connectivity index (χ2v) is 9.19. The van der Waals surface area contributed by atoms with Crippen molar-refractivity contribution in [3.63, 3.8) is 0 Å². The van der Waals surface area contributed by atoms with Gasteiger partial charge in [-0.1, -0.05) is 30.3 Å². The number of benzene rings is 1. The Balaban J connectivity index is 2.34. The first kappa shape index (κ1) is 12.4. The van der Waals surface area contributed by atoms with Crippen molar-refractivity contribution in [3.8, 4) is 0 Å². The zero-order valence-corrected chi connectivity index (χ0v) is 10.7. The molecule has 3 heteroatoms. The van der Waals surface area contributed by atoms with Crippen molar-refractivity contribution < 1.29 is 9.53 Å². The second-order valence-electron chi connectivity index (χ2n) is 4.68. The van der Waals surface area contributed by atoms with E-state index >= 15 is 0 Å². The molecule has 0 spiro atoms. The molecule has 1 atom stereocenters. The van der Waals surface area contributed by atoms with Crippen LogP contribution in [0.15, 0.2) is 30.3 Å². The van der Waals surface area contributed by atoms with Crippen LogP contribution in [0.2, 0.25) is 19.6 Å². The van der Waals surface area contributed by atoms with Gasteiger partial charge in [-0.25, -0.2) is 0 Å². The molecule has 1 rings (SSSR count). The average molecular weight is 224 g/mol. The molecule has 1 aromatic carbocycles. The van der Waals surface area contributed by atoms with Crippen molar-refractivity contribution in [3.05, 3.63) is 35.9 Å². The molecule has 1 unspecified atom stereocenters. The molecular formula is C12H20O2Si. The van der Waals surface area contributed by atoms with Crippen LogP contribution < -0.4 is 0 Å². The van der Waals surface area contributed by atoms with E-state index in [-0.39, 0.29) is 0 Å². The molecule has 0 saturated heterocycles. The molecule has 0 aliphatic carbocycles. The van der Waals surface area contributed by atoms with Gasteiger partial charge in [0.05, 0.1) is 6.10 Å². The van der Waals surface area contributed by atoms with Gasteiger partial charge in [0.25, 0.3) is 0 Å². The fraction of sp³-hybridized carbons (Fsp3) is 0.500. The largest absolute Gasteiger partial charge is 0.418 e. The third-order valence-corrected chi connectivity index (χ3v) is 3.18. The monoisotopic (exact) mass is 224 g/mol. The predicted molar refractivity (Wildman–Crippen MR) is 65.3 cm³/mol. The van der Waals surface area contributed by atoms with Crippen LogP contribution in [0.1, 0.15) is 18.1 Å². The van der Waals surface area contributed by atoms with E-state index in [0.717, 1.165) is 5.56 Å². The smallest absolute Gasteiger partial charge is 0.183 e. The third-order valence-electron chi connectivity index (χ3n) is 2.11. The summed E-state index contributed by atoms with van der Waals surface area (Å²) in [5, 5.41) is 9.85. The van der Waals surface area contributed by atoms with E-state index in [1.54, 1.807) is 0 Å². The summed E-state index contributed by atoms with van der Waals surface area (Å²) in [7, 11) is -1.44. The highest BCUT2D eigenvalue weighted by atomic mass is 28.4. The van der Waals surface area contributed by atoms with Gasteiger partial charge in [0.1, 0.15) is 0 Å². The molecule has 15 heavy (non-hydrogen) atoms. The maximum atomic E-state index is 9.85. The number of rotatable bonds is 5. The van der Waals surface area contributed by atoms with Crippen molar-refractivity contribution in [2.75, 3.05) is 6.61 Å². The number of aliphatic hydroxyl groups excluding tert-OH is 1. The Morgan fingerprint density at radius 2 is 1.80 bits per heavy atom.